The van der Waals surface area contributed by atoms with Gasteiger partial charge in [0.15, 0.2) is 0 Å². The molecule has 0 bridgehead atoms. The first-order valence-corrected chi connectivity index (χ1v) is 7.13. The van der Waals surface area contributed by atoms with E-state index in [1.54, 1.807) is 7.11 Å². The highest BCUT2D eigenvalue weighted by molar-refractivity contribution is 6.06. The molecule has 1 aromatic heterocycles. The highest BCUT2D eigenvalue weighted by atomic mass is 16.5. The highest BCUT2D eigenvalue weighted by Crippen LogP contribution is 2.29. The number of aromatic amines is 1. The maximum atomic E-state index is 10.6. The van der Waals surface area contributed by atoms with Gasteiger partial charge in [0.25, 0.3) is 0 Å². The molecule has 0 radical (unpaired) electrons. The summed E-state index contributed by atoms with van der Waals surface area (Å²) < 4.78 is 5.26. The molecular weight excluding hydrogens is 268 g/mol. The second-order valence-electron chi connectivity index (χ2n) is 5.22. The van der Waals surface area contributed by atoms with Crippen LogP contribution in [-0.2, 0) is 11.2 Å². The molecule has 0 fully saturated rings. The Morgan fingerprint density at radius 2 is 2.33 bits per heavy atom. The number of nitrogens with zero attached hydrogens (tertiary/aromatic N) is 1. The third-order valence-electron chi connectivity index (χ3n) is 3.87. The van der Waals surface area contributed by atoms with Crippen LogP contribution in [0.1, 0.15) is 30.5 Å². The molecule has 2 heterocycles. The van der Waals surface area contributed by atoms with Gasteiger partial charge in [0, 0.05) is 29.9 Å². The number of ether oxygens (including phenoxy) is 1. The third-order valence-corrected chi connectivity index (χ3v) is 3.87. The fraction of sp³-hybridized carbons (Fsp3) is 0.375. The van der Waals surface area contributed by atoms with Crippen molar-refractivity contribution >= 4 is 22.6 Å². The van der Waals surface area contributed by atoms with Crippen LogP contribution in [0.15, 0.2) is 23.2 Å². The minimum Gasteiger partial charge on any atom is -0.497 e. The monoisotopic (exact) mass is 286 g/mol. The SMILES string of the molecule is COc1ccc2c3c([nH]c2c1)C(CCCC(=O)O)=NCC3. The van der Waals surface area contributed by atoms with Crippen LogP contribution in [0, 0.1) is 0 Å². The molecular formula is C16H18N2O3. The molecule has 0 spiro atoms. The van der Waals surface area contributed by atoms with Crippen molar-refractivity contribution in [3.63, 3.8) is 0 Å². The number of aliphatic imine (C=N–C) groups is 1. The first-order valence-electron chi connectivity index (χ1n) is 7.13. The van der Waals surface area contributed by atoms with Crippen molar-refractivity contribution in [2.45, 2.75) is 25.7 Å². The summed E-state index contributed by atoms with van der Waals surface area (Å²) in [5, 5.41) is 9.95. The summed E-state index contributed by atoms with van der Waals surface area (Å²) >= 11 is 0. The largest absolute Gasteiger partial charge is 0.497 e. The van der Waals surface area contributed by atoms with Crippen LogP contribution in [-0.4, -0.2) is 35.4 Å². The van der Waals surface area contributed by atoms with E-state index in [2.05, 4.69) is 16.0 Å². The predicted octanol–water partition coefficient (Wildman–Crippen LogP) is 2.78. The first kappa shape index (κ1) is 13.7. The molecule has 2 N–H and O–H groups in total. The van der Waals surface area contributed by atoms with Crippen molar-refractivity contribution in [2.75, 3.05) is 13.7 Å². The topological polar surface area (TPSA) is 74.7 Å². The van der Waals surface area contributed by atoms with E-state index in [1.807, 2.05) is 12.1 Å². The summed E-state index contributed by atoms with van der Waals surface area (Å²) in [7, 11) is 1.66. The van der Waals surface area contributed by atoms with Crippen molar-refractivity contribution in [2.24, 2.45) is 4.99 Å². The summed E-state index contributed by atoms with van der Waals surface area (Å²) in [5.41, 5.74) is 4.39. The second-order valence-corrected chi connectivity index (χ2v) is 5.22. The Morgan fingerprint density at radius 3 is 3.10 bits per heavy atom. The molecule has 0 saturated carbocycles. The molecule has 0 amide bonds. The van der Waals surface area contributed by atoms with E-state index in [0.717, 1.165) is 35.6 Å². The molecule has 0 atom stereocenters. The Balaban J connectivity index is 1.91. The molecule has 110 valence electrons. The lowest BCUT2D eigenvalue weighted by atomic mass is 9.99. The summed E-state index contributed by atoms with van der Waals surface area (Å²) in [6.07, 6.45) is 2.42. The molecule has 1 aliphatic rings. The number of aliphatic carboxylic acids is 1. The van der Waals surface area contributed by atoms with E-state index in [-0.39, 0.29) is 6.42 Å². The average molecular weight is 286 g/mol. The Bertz CT molecular complexity index is 716. The van der Waals surface area contributed by atoms with Gasteiger partial charge in [0.1, 0.15) is 5.75 Å². The molecule has 3 rings (SSSR count). The number of carbonyl (C=O) groups is 1. The standard InChI is InChI=1S/C16H18N2O3/c1-21-10-5-6-11-12-7-8-17-13(3-2-4-15(19)20)16(12)18-14(11)9-10/h5-6,9,18H,2-4,7-8H2,1H3,(H,19,20). The maximum absolute atomic E-state index is 10.6. The van der Waals surface area contributed by atoms with Crippen LogP contribution in [0.3, 0.4) is 0 Å². The molecule has 21 heavy (non-hydrogen) atoms. The van der Waals surface area contributed by atoms with Gasteiger partial charge in [0.2, 0.25) is 0 Å². The van der Waals surface area contributed by atoms with E-state index in [0.29, 0.717) is 12.8 Å². The minimum atomic E-state index is -0.756. The van der Waals surface area contributed by atoms with Crippen LogP contribution in [0.4, 0.5) is 0 Å². The molecule has 0 unspecified atom stereocenters. The number of fused-ring (bicyclic) bond motifs is 3. The number of carboxylic acid groups (broad SMARTS) is 1. The van der Waals surface area contributed by atoms with Gasteiger partial charge in [-0.3, -0.25) is 9.79 Å². The van der Waals surface area contributed by atoms with Gasteiger partial charge >= 0.3 is 5.97 Å². The van der Waals surface area contributed by atoms with Crippen molar-refractivity contribution in [3.05, 3.63) is 29.5 Å². The van der Waals surface area contributed by atoms with Gasteiger partial charge in [-0.1, -0.05) is 0 Å². The van der Waals surface area contributed by atoms with Crippen molar-refractivity contribution in [3.8, 4) is 5.75 Å². The Kier molecular flexibility index (Phi) is 3.64. The number of rotatable bonds is 5. The maximum Gasteiger partial charge on any atom is 0.303 e. The molecule has 1 aromatic carbocycles. The highest BCUT2D eigenvalue weighted by Gasteiger charge is 2.19. The Hall–Kier alpha value is -2.30. The number of H-pyrrole nitrogens is 1. The van der Waals surface area contributed by atoms with Gasteiger partial charge in [-0.2, -0.15) is 0 Å². The molecule has 5 heteroatoms. The fourth-order valence-corrected chi connectivity index (χ4v) is 2.86. The zero-order chi connectivity index (χ0) is 14.8. The zero-order valence-electron chi connectivity index (χ0n) is 12.0. The lowest BCUT2D eigenvalue weighted by molar-refractivity contribution is -0.137. The number of benzene rings is 1. The summed E-state index contributed by atoms with van der Waals surface area (Å²) in [5.74, 6) is 0.0680. The predicted molar refractivity (Wildman–Crippen MR) is 81.4 cm³/mol. The van der Waals surface area contributed by atoms with Crippen LogP contribution >= 0.6 is 0 Å². The molecule has 0 aliphatic carbocycles. The van der Waals surface area contributed by atoms with Gasteiger partial charge < -0.3 is 14.8 Å². The fourth-order valence-electron chi connectivity index (χ4n) is 2.86. The minimum absolute atomic E-state index is 0.183. The van der Waals surface area contributed by atoms with Crippen molar-refractivity contribution in [1.82, 2.24) is 4.98 Å². The van der Waals surface area contributed by atoms with E-state index < -0.39 is 5.97 Å². The lowest BCUT2D eigenvalue weighted by Gasteiger charge is -2.12. The van der Waals surface area contributed by atoms with E-state index in [4.69, 9.17) is 9.84 Å². The first-order chi connectivity index (χ1) is 10.2. The summed E-state index contributed by atoms with van der Waals surface area (Å²) in [6.45, 7) is 0.772. The Labute approximate surface area is 122 Å². The van der Waals surface area contributed by atoms with E-state index in [1.165, 1.54) is 10.9 Å². The molecule has 0 saturated heterocycles. The zero-order valence-corrected chi connectivity index (χ0v) is 12.0. The van der Waals surface area contributed by atoms with Gasteiger partial charge in [-0.25, -0.2) is 0 Å². The Morgan fingerprint density at radius 1 is 1.48 bits per heavy atom. The number of hydrogen-bond donors (Lipinski definition) is 2. The van der Waals surface area contributed by atoms with E-state index >= 15 is 0 Å². The van der Waals surface area contributed by atoms with Crippen LogP contribution in [0.2, 0.25) is 0 Å². The third kappa shape index (κ3) is 2.63. The van der Waals surface area contributed by atoms with Crippen LogP contribution in [0.5, 0.6) is 5.75 Å². The van der Waals surface area contributed by atoms with Gasteiger partial charge in [-0.15, -0.1) is 0 Å². The second kappa shape index (κ2) is 5.60. The summed E-state index contributed by atoms with van der Waals surface area (Å²) in [4.78, 5) is 18.6. The number of carboxylic acids is 1. The summed E-state index contributed by atoms with van der Waals surface area (Å²) in [6, 6.07) is 6.03. The quantitative estimate of drug-likeness (QED) is 0.887. The van der Waals surface area contributed by atoms with Crippen molar-refractivity contribution < 1.29 is 14.6 Å². The number of methoxy groups -OCH3 is 1. The normalized spacial score (nSPS) is 13.9. The average Bonchev–Trinajstić information content (AvgIpc) is 2.85. The molecule has 2 aromatic rings. The molecule has 1 aliphatic heterocycles. The van der Waals surface area contributed by atoms with Gasteiger partial charge in [0.05, 0.1) is 18.5 Å². The smallest absolute Gasteiger partial charge is 0.303 e. The van der Waals surface area contributed by atoms with E-state index in [9.17, 15) is 4.79 Å². The number of nitrogens with one attached hydrogen (secondary N) is 1. The molecule has 5 nitrogen and oxygen atoms in total. The van der Waals surface area contributed by atoms with Crippen molar-refractivity contribution in [1.29, 1.82) is 0 Å². The van der Waals surface area contributed by atoms with Crippen LogP contribution < -0.4 is 4.74 Å². The van der Waals surface area contributed by atoms with Gasteiger partial charge in [-0.05, 0) is 37.0 Å². The number of hydrogen-bond acceptors (Lipinski definition) is 3. The number of aromatic nitrogens is 1. The van der Waals surface area contributed by atoms with Crippen LogP contribution in [0.25, 0.3) is 10.9 Å². The lowest BCUT2D eigenvalue weighted by Crippen LogP contribution is -2.12.